The minimum atomic E-state index is -2.91. The minimum absolute atomic E-state index is 0.188. The molecule has 0 saturated carbocycles. The van der Waals surface area contributed by atoms with Crippen molar-refractivity contribution >= 4 is 15.8 Å². The fraction of sp³-hybridized carbons (Fsp3) is 0.923. The fourth-order valence-corrected chi connectivity index (χ4v) is 4.62. The highest BCUT2D eigenvalue weighted by Gasteiger charge is 2.50. The standard InChI is InChI=1S/C13H23NO4S/c1-12(2,3)18-11(15)10-8-14-9-13(10)4-6-19(16,17)7-5-13/h10,14H,4-9H2,1-3H3. The summed E-state index contributed by atoms with van der Waals surface area (Å²) in [5.41, 5.74) is -0.727. The lowest BCUT2D eigenvalue weighted by Crippen LogP contribution is -2.44. The molecule has 5 nitrogen and oxygen atoms in total. The van der Waals surface area contributed by atoms with E-state index in [4.69, 9.17) is 4.74 Å². The van der Waals surface area contributed by atoms with Crippen LogP contribution in [0.5, 0.6) is 0 Å². The SMILES string of the molecule is CC(C)(C)OC(=O)C1CNCC12CCS(=O)(=O)CC2. The lowest BCUT2D eigenvalue weighted by molar-refractivity contribution is -0.163. The Balaban J connectivity index is 2.11. The number of sulfone groups is 1. The smallest absolute Gasteiger partial charge is 0.311 e. The summed E-state index contributed by atoms with van der Waals surface area (Å²) in [5, 5.41) is 3.23. The van der Waals surface area contributed by atoms with Crippen molar-refractivity contribution in [3.8, 4) is 0 Å². The van der Waals surface area contributed by atoms with E-state index in [1.165, 1.54) is 0 Å². The molecule has 2 saturated heterocycles. The molecule has 110 valence electrons. The summed E-state index contributed by atoms with van der Waals surface area (Å²) in [5.74, 6) is -0.0406. The maximum atomic E-state index is 12.3. The number of rotatable bonds is 1. The molecule has 2 rings (SSSR count). The number of ether oxygens (including phenoxy) is 1. The van der Waals surface area contributed by atoms with E-state index in [0.29, 0.717) is 25.9 Å². The van der Waals surface area contributed by atoms with Crippen LogP contribution in [0.2, 0.25) is 0 Å². The summed E-state index contributed by atoms with van der Waals surface area (Å²) in [6.45, 7) is 6.86. The van der Waals surface area contributed by atoms with Crippen LogP contribution in [-0.4, -0.2) is 44.6 Å². The van der Waals surface area contributed by atoms with E-state index in [2.05, 4.69) is 5.32 Å². The fourth-order valence-electron chi connectivity index (χ4n) is 2.98. The zero-order valence-corrected chi connectivity index (χ0v) is 12.7. The largest absolute Gasteiger partial charge is 0.460 e. The number of hydrogen-bond donors (Lipinski definition) is 1. The van der Waals surface area contributed by atoms with Crippen molar-refractivity contribution in [3.05, 3.63) is 0 Å². The third kappa shape index (κ3) is 3.28. The van der Waals surface area contributed by atoms with Crippen LogP contribution in [0.25, 0.3) is 0 Å². The van der Waals surface area contributed by atoms with Gasteiger partial charge in [0.1, 0.15) is 15.4 Å². The molecule has 0 aromatic heterocycles. The molecule has 1 atom stereocenters. The second kappa shape index (κ2) is 4.74. The van der Waals surface area contributed by atoms with Gasteiger partial charge >= 0.3 is 5.97 Å². The van der Waals surface area contributed by atoms with Crippen molar-refractivity contribution in [1.29, 1.82) is 0 Å². The van der Waals surface area contributed by atoms with E-state index in [1.54, 1.807) is 0 Å². The molecule has 0 aromatic rings. The van der Waals surface area contributed by atoms with E-state index in [9.17, 15) is 13.2 Å². The van der Waals surface area contributed by atoms with E-state index in [-0.39, 0.29) is 28.8 Å². The molecule has 19 heavy (non-hydrogen) atoms. The molecule has 2 fully saturated rings. The van der Waals surface area contributed by atoms with Crippen LogP contribution in [0.15, 0.2) is 0 Å². The number of esters is 1. The zero-order valence-electron chi connectivity index (χ0n) is 11.9. The minimum Gasteiger partial charge on any atom is -0.460 e. The van der Waals surface area contributed by atoms with Crippen LogP contribution in [-0.2, 0) is 19.4 Å². The molecular weight excluding hydrogens is 266 g/mol. The lowest BCUT2D eigenvalue weighted by Gasteiger charge is -2.37. The maximum absolute atomic E-state index is 12.3. The van der Waals surface area contributed by atoms with E-state index < -0.39 is 15.4 Å². The van der Waals surface area contributed by atoms with Gasteiger partial charge in [0.2, 0.25) is 0 Å². The Bertz CT molecular complexity index is 450. The number of hydrogen-bond acceptors (Lipinski definition) is 5. The predicted octanol–water partition coefficient (Wildman–Crippen LogP) is 0.742. The first-order valence-electron chi connectivity index (χ1n) is 6.78. The number of carbonyl (C=O) groups excluding carboxylic acids is 1. The molecule has 1 N–H and O–H groups in total. The van der Waals surface area contributed by atoms with Crippen molar-refractivity contribution < 1.29 is 17.9 Å². The van der Waals surface area contributed by atoms with Gasteiger partial charge in [-0.25, -0.2) is 8.42 Å². The van der Waals surface area contributed by atoms with E-state index in [0.717, 1.165) is 0 Å². The summed E-state index contributed by atoms with van der Waals surface area (Å²) in [6.07, 6.45) is 1.12. The predicted molar refractivity (Wildman–Crippen MR) is 72.5 cm³/mol. The second-order valence-electron chi connectivity index (χ2n) is 6.73. The summed E-state index contributed by atoms with van der Waals surface area (Å²) in [6, 6.07) is 0. The Morgan fingerprint density at radius 1 is 1.26 bits per heavy atom. The molecule has 6 heteroatoms. The first-order chi connectivity index (χ1) is 8.64. The zero-order chi connectivity index (χ0) is 14.3. The molecule has 1 spiro atoms. The second-order valence-corrected chi connectivity index (χ2v) is 9.03. The van der Waals surface area contributed by atoms with Crippen LogP contribution in [0.3, 0.4) is 0 Å². The maximum Gasteiger partial charge on any atom is 0.311 e. The molecule has 0 amide bonds. The van der Waals surface area contributed by atoms with Gasteiger partial charge in [-0.2, -0.15) is 0 Å². The summed E-state index contributed by atoms with van der Waals surface area (Å²) in [4.78, 5) is 12.3. The van der Waals surface area contributed by atoms with Crippen molar-refractivity contribution in [2.24, 2.45) is 11.3 Å². The van der Waals surface area contributed by atoms with Gasteiger partial charge in [-0.05, 0) is 39.0 Å². The molecule has 2 aliphatic rings. The van der Waals surface area contributed by atoms with Gasteiger partial charge in [0.05, 0.1) is 17.4 Å². The Morgan fingerprint density at radius 3 is 2.37 bits per heavy atom. The molecule has 0 aliphatic carbocycles. The average molecular weight is 289 g/mol. The van der Waals surface area contributed by atoms with Crippen molar-refractivity contribution in [3.63, 3.8) is 0 Å². The van der Waals surface area contributed by atoms with Gasteiger partial charge < -0.3 is 10.1 Å². The molecule has 2 aliphatic heterocycles. The highest BCUT2D eigenvalue weighted by molar-refractivity contribution is 7.91. The van der Waals surface area contributed by atoms with Crippen molar-refractivity contribution in [1.82, 2.24) is 5.32 Å². The van der Waals surface area contributed by atoms with Crippen LogP contribution in [0.1, 0.15) is 33.6 Å². The molecule has 1 unspecified atom stereocenters. The van der Waals surface area contributed by atoms with Crippen LogP contribution in [0.4, 0.5) is 0 Å². The Kier molecular flexibility index (Phi) is 3.68. The van der Waals surface area contributed by atoms with Gasteiger partial charge in [-0.1, -0.05) is 0 Å². The Morgan fingerprint density at radius 2 is 1.84 bits per heavy atom. The summed E-state index contributed by atoms with van der Waals surface area (Å²) < 4.78 is 28.6. The summed E-state index contributed by atoms with van der Waals surface area (Å²) in [7, 11) is -2.91. The Labute approximate surface area is 115 Å². The van der Waals surface area contributed by atoms with Gasteiger partial charge in [0.25, 0.3) is 0 Å². The van der Waals surface area contributed by atoms with Crippen molar-refractivity contribution in [2.45, 2.75) is 39.2 Å². The highest BCUT2D eigenvalue weighted by atomic mass is 32.2. The molecule has 0 aromatic carbocycles. The first kappa shape index (κ1) is 14.8. The van der Waals surface area contributed by atoms with Gasteiger partial charge in [0.15, 0.2) is 0 Å². The van der Waals surface area contributed by atoms with Crippen LogP contribution < -0.4 is 5.32 Å². The number of nitrogens with one attached hydrogen (secondary N) is 1. The van der Waals surface area contributed by atoms with Gasteiger partial charge in [0, 0.05) is 13.1 Å². The van der Waals surface area contributed by atoms with Gasteiger partial charge in [-0.15, -0.1) is 0 Å². The highest BCUT2D eigenvalue weighted by Crippen LogP contribution is 2.43. The third-order valence-corrected chi connectivity index (χ3v) is 5.73. The average Bonchev–Trinajstić information content (AvgIpc) is 2.65. The topological polar surface area (TPSA) is 72.5 Å². The molecule has 2 heterocycles. The lowest BCUT2D eigenvalue weighted by atomic mass is 9.73. The quantitative estimate of drug-likeness (QED) is 0.721. The van der Waals surface area contributed by atoms with Gasteiger partial charge in [-0.3, -0.25) is 4.79 Å². The number of carbonyl (C=O) groups is 1. The molecule has 0 radical (unpaired) electrons. The normalized spacial score (nSPS) is 29.3. The third-order valence-electron chi connectivity index (χ3n) is 4.08. The van der Waals surface area contributed by atoms with E-state index >= 15 is 0 Å². The van der Waals surface area contributed by atoms with Crippen molar-refractivity contribution in [2.75, 3.05) is 24.6 Å². The van der Waals surface area contributed by atoms with Crippen LogP contribution >= 0.6 is 0 Å². The monoisotopic (exact) mass is 289 g/mol. The van der Waals surface area contributed by atoms with E-state index in [1.807, 2.05) is 20.8 Å². The molecular formula is C13H23NO4S. The Hall–Kier alpha value is -0.620. The van der Waals surface area contributed by atoms with Crippen LogP contribution in [0, 0.1) is 11.3 Å². The summed E-state index contributed by atoms with van der Waals surface area (Å²) >= 11 is 0. The first-order valence-corrected chi connectivity index (χ1v) is 8.60. The molecule has 0 bridgehead atoms.